The maximum Gasteiger partial charge on any atom is 0.330 e. The van der Waals surface area contributed by atoms with Crippen molar-refractivity contribution in [2.75, 3.05) is 5.06 Å². The van der Waals surface area contributed by atoms with Crippen molar-refractivity contribution in [3.63, 3.8) is 0 Å². The number of halogens is 1. The SMILES string of the molecule is CC(=O)ON1C(=O)C2(CC(=O)NC2=O)c2cc(C(Cl)c3nccn3C)ccc21. The fourth-order valence-electron chi connectivity index (χ4n) is 3.61. The lowest BCUT2D eigenvalue weighted by Crippen LogP contribution is -2.45. The van der Waals surface area contributed by atoms with Crippen LogP contribution in [0.4, 0.5) is 5.69 Å². The number of alkyl halides is 1. The topological polar surface area (TPSA) is 111 Å². The molecule has 144 valence electrons. The molecule has 28 heavy (non-hydrogen) atoms. The molecule has 2 atom stereocenters. The number of rotatable bonds is 3. The Morgan fingerprint density at radius 3 is 2.68 bits per heavy atom. The van der Waals surface area contributed by atoms with Gasteiger partial charge < -0.3 is 9.40 Å². The van der Waals surface area contributed by atoms with Crippen molar-refractivity contribution in [3.05, 3.63) is 47.5 Å². The number of amides is 3. The molecule has 1 saturated heterocycles. The van der Waals surface area contributed by atoms with E-state index in [1.807, 2.05) is 0 Å². The molecule has 0 bridgehead atoms. The van der Waals surface area contributed by atoms with Crippen LogP contribution in [-0.2, 0) is 36.5 Å². The van der Waals surface area contributed by atoms with Crippen LogP contribution >= 0.6 is 11.6 Å². The summed E-state index contributed by atoms with van der Waals surface area (Å²) in [6.07, 6.45) is 2.98. The van der Waals surface area contributed by atoms with Crippen molar-refractivity contribution in [1.82, 2.24) is 14.9 Å². The third kappa shape index (κ3) is 2.43. The van der Waals surface area contributed by atoms with Gasteiger partial charge in [-0.3, -0.25) is 19.7 Å². The van der Waals surface area contributed by atoms with Crippen LogP contribution in [0.1, 0.15) is 35.7 Å². The van der Waals surface area contributed by atoms with Gasteiger partial charge in [-0.15, -0.1) is 16.7 Å². The number of hydroxylamine groups is 1. The predicted octanol–water partition coefficient (Wildman–Crippen LogP) is 0.857. The molecule has 3 amide bonds. The average Bonchev–Trinajstić information content (AvgIpc) is 3.26. The second-order valence-corrected chi connectivity index (χ2v) is 7.11. The first kappa shape index (κ1) is 18.2. The van der Waals surface area contributed by atoms with Crippen molar-refractivity contribution >= 4 is 41.0 Å². The first-order valence-corrected chi connectivity index (χ1v) is 8.82. The third-order valence-corrected chi connectivity index (χ3v) is 5.36. The zero-order valence-corrected chi connectivity index (χ0v) is 15.7. The van der Waals surface area contributed by atoms with Gasteiger partial charge in [0.2, 0.25) is 11.8 Å². The Morgan fingerprint density at radius 1 is 1.36 bits per heavy atom. The number of nitrogens with zero attached hydrogens (tertiary/aromatic N) is 3. The van der Waals surface area contributed by atoms with Gasteiger partial charge in [0.25, 0.3) is 5.91 Å². The Morgan fingerprint density at radius 2 is 2.11 bits per heavy atom. The van der Waals surface area contributed by atoms with Gasteiger partial charge in [-0.1, -0.05) is 12.1 Å². The lowest BCUT2D eigenvalue weighted by atomic mass is 9.79. The van der Waals surface area contributed by atoms with E-state index in [0.717, 1.165) is 12.0 Å². The fraction of sp³-hybridized carbons (Fsp3) is 0.278. The number of benzene rings is 1. The maximum atomic E-state index is 13.0. The average molecular weight is 403 g/mol. The van der Waals surface area contributed by atoms with Crippen LogP contribution in [0.5, 0.6) is 0 Å². The summed E-state index contributed by atoms with van der Waals surface area (Å²) in [6, 6.07) is 4.78. The van der Waals surface area contributed by atoms with Crippen molar-refractivity contribution in [2.45, 2.75) is 24.1 Å². The van der Waals surface area contributed by atoms with Crippen molar-refractivity contribution in [2.24, 2.45) is 7.05 Å². The smallest absolute Gasteiger partial charge is 0.330 e. The number of imidazole rings is 1. The number of anilines is 1. The number of aryl methyl sites for hydroxylation is 1. The number of fused-ring (bicyclic) bond motifs is 2. The Hall–Kier alpha value is -3.20. The van der Waals surface area contributed by atoms with Gasteiger partial charge in [0.05, 0.1) is 12.1 Å². The van der Waals surface area contributed by atoms with Gasteiger partial charge in [-0.25, -0.2) is 9.78 Å². The van der Waals surface area contributed by atoms with Gasteiger partial charge in [0.1, 0.15) is 11.2 Å². The van der Waals surface area contributed by atoms with Crippen LogP contribution < -0.4 is 10.4 Å². The summed E-state index contributed by atoms with van der Waals surface area (Å²) in [4.78, 5) is 58.2. The van der Waals surface area contributed by atoms with Gasteiger partial charge in [-0.2, -0.15) is 0 Å². The summed E-state index contributed by atoms with van der Waals surface area (Å²) in [6.45, 7) is 1.14. The fourth-order valence-corrected chi connectivity index (χ4v) is 3.95. The summed E-state index contributed by atoms with van der Waals surface area (Å²) in [7, 11) is 1.79. The molecule has 0 saturated carbocycles. The predicted molar refractivity (Wildman–Crippen MR) is 96.0 cm³/mol. The highest BCUT2D eigenvalue weighted by Crippen LogP contribution is 2.48. The number of carbonyl (C=O) groups excluding carboxylic acids is 4. The molecule has 4 rings (SSSR count). The number of carbonyl (C=O) groups is 4. The minimum atomic E-state index is -1.78. The van der Waals surface area contributed by atoms with Gasteiger partial charge in [0.15, 0.2) is 5.41 Å². The summed E-state index contributed by atoms with van der Waals surface area (Å²) in [5.41, 5.74) is -0.716. The molecule has 1 spiro atoms. The number of hydrogen-bond acceptors (Lipinski definition) is 6. The molecule has 1 aromatic heterocycles. The van der Waals surface area contributed by atoms with E-state index >= 15 is 0 Å². The Kier molecular flexibility index (Phi) is 4.00. The zero-order chi connectivity index (χ0) is 20.2. The van der Waals surface area contributed by atoms with E-state index < -0.39 is 34.5 Å². The van der Waals surface area contributed by atoms with Crippen LogP contribution in [0, 0.1) is 0 Å². The molecule has 2 unspecified atom stereocenters. The summed E-state index contributed by atoms with van der Waals surface area (Å²) in [5.74, 6) is -2.27. The highest BCUT2D eigenvalue weighted by molar-refractivity contribution is 6.28. The first-order valence-electron chi connectivity index (χ1n) is 8.39. The van der Waals surface area contributed by atoms with Crippen molar-refractivity contribution in [1.29, 1.82) is 0 Å². The minimum absolute atomic E-state index is 0.220. The van der Waals surface area contributed by atoms with E-state index in [0.29, 0.717) is 11.4 Å². The monoisotopic (exact) mass is 402 g/mol. The second kappa shape index (κ2) is 6.16. The van der Waals surface area contributed by atoms with Crippen LogP contribution in [0.2, 0.25) is 0 Å². The maximum absolute atomic E-state index is 13.0. The molecular weight excluding hydrogens is 388 g/mol. The Labute approximate surface area is 164 Å². The molecule has 0 aliphatic carbocycles. The summed E-state index contributed by atoms with van der Waals surface area (Å²) >= 11 is 6.56. The molecular formula is C18H15ClN4O5. The summed E-state index contributed by atoms with van der Waals surface area (Å²) in [5, 5.41) is 2.28. The van der Waals surface area contributed by atoms with Crippen molar-refractivity contribution < 1.29 is 24.0 Å². The van der Waals surface area contributed by atoms with E-state index in [2.05, 4.69) is 10.3 Å². The van der Waals surface area contributed by atoms with E-state index in [1.54, 1.807) is 36.1 Å². The molecule has 1 N–H and O–H groups in total. The van der Waals surface area contributed by atoms with Gasteiger partial charge in [0, 0.05) is 31.9 Å². The van der Waals surface area contributed by atoms with E-state index in [9.17, 15) is 19.2 Å². The number of nitrogens with one attached hydrogen (secondary N) is 1. The molecule has 2 aliphatic rings. The number of hydrogen-bond donors (Lipinski definition) is 1. The van der Waals surface area contributed by atoms with Crippen molar-refractivity contribution in [3.8, 4) is 0 Å². The lowest BCUT2D eigenvalue weighted by molar-refractivity contribution is -0.150. The quantitative estimate of drug-likeness (QED) is 0.463. The number of aromatic nitrogens is 2. The third-order valence-electron chi connectivity index (χ3n) is 4.91. The molecule has 9 nitrogen and oxygen atoms in total. The highest BCUT2D eigenvalue weighted by Gasteiger charge is 2.62. The second-order valence-electron chi connectivity index (χ2n) is 6.68. The molecule has 10 heteroatoms. The first-order chi connectivity index (χ1) is 13.3. The molecule has 2 aromatic rings. The molecule has 3 heterocycles. The molecule has 2 aliphatic heterocycles. The Bertz CT molecular complexity index is 1050. The van der Waals surface area contributed by atoms with E-state index in [4.69, 9.17) is 16.4 Å². The zero-order valence-electron chi connectivity index (χ0n) is 14.9. The van der Waals surface area contributed by atoms with E-state index in [-0.39, 0.29) is 17.7 Å². The Balaban J connectivity index is 1.87. The standard InChI is InChI=1S/C18H15ClN4O5/c1-9(24)28-23-12-4-3-10(14(19)15-20-5-6-22(15)2)7-11(12)18(17(23)27)8-13(25)21-16(18)26/h3-7,14H,8H2,1-2H3,(H,21,25,26). The molecule has 1 aromatic carbocycles. The van der Waals surface area contributed by atoms with Crippen LogP contribution in [0.15, 0.2) is 30.6 Å². The lowest BCUT2D eigenvalue weighted by Gasteiger charge is -2.19. The highest BCUT2D eigenvalue weighted by atomic mass is 35.5. The largest absolute Gasteiger partial charge is 0.336 e. The minimum Gasteiger partial charge on any atom is -0.336 e. The van der Waals surface area contributed by atoms with Crippen LogP contribution in [0.3, 0.4) is 0 Å². The summed E-state index contributed by atoms with van der Waals surface area (Å²) < 4.78 is 1.75. The molecule has 0 radical (unpaired) electrons. The van der Waals surface area contributed by atoms with E-state index in [1.165, 1.54) is 6.07 Å². The number of imide groups is 1. The van der Waals surface area contributed by atoms with Gasteiger partial charge in [-0.05, 0) is 11.6 Å². The van der Waals surface area contributed by atoms with Crippen LogP contribution in [0.25, 0.3) is 0 Å². The van der Waals surface area contributed by atoms with Gasteiger partial charge >= 0.3 is 5.97 Å². The molecule has 1 fully saturated rings. The normalized spacial score (nSPS) is 21.8. The van der Waals surface area contributed by atoms with Crippen LogP contribution in [-0.4, -0.2) is 33.2 Å².